The molecular formula is C10H20N2O2. The average Bonchev–Trinajstić information content (AvgIpc) is 2.15. The summed E-state index contributed by atoms with van der Waals surface area (Å²) < 4.78 is 5.18. The van der Waals surface area contributed by atoms with Crippen LogP contribution in [0.4, 0.5) is 0 Å². The van der Waals surface area contributed by atoms with Gasteiger partial charge in [0.1, 0.15) is 0 Å². The number of likely N-dealkylation sites (tertiary alicyclic amines) is 1. The van der Waals surface area contributed by atoms with Crippen molar-refractivity contribution in [1.29, 1.82) is 0 Å². The molecule has 0 saturated carbocycles. The highest BCUT2D eigenvalue weighted by Crippen LogP contribution is 2.28. The number of aliphatic hydroxyl groups is 1. The van der Waals surface area contributed by atoms with Gasteiger partial charge in [-0.1, -0.05) is 0 Å². The molecule has 2 fully saturated rings. The zero-order valence-corrected chi connectivity index (χ0v) is 8.61. The number of piperidine rings is 1. The minimum absolute atomic E-state index is 0.0292. The van der Waals surface area contributed by atoms with Crippen molar-refractivity contribution in [3.63, 3.8) is 0 Å². The van der Waals surface area contributed by atoms with Crippen molar-refractivity contribution in [3.8, 4) is 0 Å². The van der Waals surface area contributed by atoms with E-state index in [2.05, 4.69) is 4.90 Å². The minimum Gasteiger partial charge on any atom is -0.396 e. The van der Waals surface area contributed by atoms with Gasteiger partial charge < -0.3 is 20.5 Å². The van der Waals surface area contributed by atoms with Crippen LogP contribution in [0.25, 0.3) is 0 Å². The molecule has 0 aromatic carbocycles. The third-order valence-corrected chi connectivity index (χ3v) is 3.34. The van der Waals surface area contributed by atoms with Gasteiger partial charge in [0.25, 0.3) is 0 Å². The first-order chi connectivity index (χ1) is 6.74. The Bertz CT molecular complexity index is 181. The van der Waals surface area contributed by atoms with Crippen LogP contribution in [0, 0.1) is 5.41 Å². The van der Waals surface area contributed by atoms with Crippen LogP contribution in [0.15, 0.2) is 0 Å². The normalized spacial score (nSPS) is 28.7. The summed E-state index contributed by atoms with van der Waals surface area (Å²) in [5.74, 6) is 0. The first kappa shape index (κ1) is 10.4. The zero-order chi connectivity index (χ0) is 10.0. The molecule has 0 aromatic rings. The predicted octanol–water partition coefficient (Wildman–Crippen LogP) is -0.582. The van der Waals surface area contributed by atoms with Gasteiger partial charge in [-0.25, -0.2) is 0 Å². The fraction of sp³-hybridized carbons (Fsp3) is 1.00. The van der Waals surface area contributed by atoms with Crippen molar-refractivity contribution in [2.24, 2.45) is 11.1 Å². The molecule has 0 bridgehead atoms. The second-order valence-corrected chi connectivity index (χ2v) is 4.76. The van der Waals surface area contributed by atoms with E-state index in [4.69, 9.17) is 10.5 Å². The summed E-state index contributed by atoms with van der Waals surface area (Å²) in [6.45, 7) is 4.79. The van der Waals surface area contributed by atoms with E-state index >= 15 is 0 Å². The first-order valence-corrected chi connectivity index (χ1v) is 5.41. The van der Waals surface area contributed by atoms with Crippen LogP contribution in [0.5, 0.6) is 0 Å². The minimum atomic E-state index is 0.0292. The Balaban J connectivity index is 1.79. The highest BCUT2D eigenvalue weighted by molar-refractivity contribution is 4.89. The molecule has 2 rings (SSSR count). The third-order valence-electron chi connectivity index (χ3n) is 3.34. The molecule has 0 amide bonds. The number of nitrogens with zero attached hydrogens (tertiary/aromatic N) is 1. The van der Waals surface area contributed by atoms with E-state index in [1.807, 2.05) is 0 Å². The summed E-state index contributed by atoms with van der Waals surface area (Å²) in [6, 6.07) is 0.383. The van der Waals surface area contributed by atoms with E-state index < -0.39 is 0 Å². The lowest BCUT2D eigenvalue weighted by Crippen LogP contribution is -2.55. The Hall–Kier alpha value is -0.160. The number of hydrogen-bond donors (Lipinski definition) is 2. The fourth-order valence-corrected chi connectivity index (χ4v) is 2.21. The maximum Gasteiger partial charge on any atom is 0.0579 e. The SMILES string of the molecule is NC1CCN(CC2(CO)COC2)CC1. The molecule has 14 heavy (non-hydrogen) atoms. The molecule has 3 N–H and O–H groups in total. The van der Waals surface area contributed by atoms with E-state index in [1.165, 1.54) is 0 Å². The van der Waals surface area contributed by atoms with E-state index in [1.54, 1.807) is 0 Å². The average molecular weight is 200 g/mol. The van der Waals surface area contributed by atoms with Gasteiger partial charge in [0.15, 0.2) is 0 Å². The van der Waals surface area contributed by atoms with Crippen LogP contribution in [-0.4, -0.2) is 55.5 Å². The topological polar surface area (TPSA) is 58.7 Å². The third kappa shape index (κ3) is 2.08. The van der Waals surface area contributed by atoms with Gasteiger partial charge in [-0.05, 0) is 25.9 Å². The van der Waals surface area contributed by atoms with Crippen LogP contribution in [-0.2, 0) is 4.74 Å². The van der Waals surface area contributed by atoms with E-state index in [9.17, 15) is 5.11 Å². The van der Waals surface area contributed by atoms with Gasteiger partial charge in [0.05, 0.1) is 25.2 Å². The van der Waals surface area contributed by atoms with E-state index in [0.717, 1.165) is 32.5 Å². The first-order valence-electron chi connectivity index (χ1n) is 5.41. The molecular weight excluding hydrogens is 180 g/mol. The zero-order valence-electron chi connectivity index (χ0n) is 8.61. The monoisotopic (exact) mass is 200 g/mol. The molecule has 2 aliphatic rings. The number of aliphatic hydroxyl groups excluding tert-OH is 1. The number of ether oxygens (including phenoxy) is 1. The van der Waals surface area contributed by atoms with Crippen LogP contribution in [0.1, 0.15) is 12.8 Å². The fourth-order valence-electron chi connectivity index (χ4n) is 2.21. The van der Waals surface area contributed by atoms with Crippen molar-refractivity contribution in [1.82, 2.24) is 4.90 Å². The summed E-state index contributed by atoms with van der Waals surface area (Å²) in [5, 5.41) is 9.29. The predicted molar refractivity (Wildman–Crippen MR) is 54.0 cm³/mol. The maximum absolute atomic E-state index is 9.29. The Labute approximate surface area is 85.0 Å². The molecule has 0 aliphatic carbocycles. The van der Waals surface area contributed by atoms with Gasteiger partial charge in [-0.3, -0.25) is 0 Å². The van der Waals surface area contributed by atoms with E-state index in [-0.39, 0.29) is 12.0 Å². The molecule has 0 spiro atoms. The largest absolute Gasteiger partial charge is 0.396 e. The van der Waals surface area contributed by atoms with Gasteiger partial charge in [-0.15, -0.1) is 0 Å². The highest BCUT2D eigenvalue weighted by Gasteiger charge is 2.39. The summed E-state index contributed by atoms with van der Waals surface area (Å²) in [7, 11) is 0. The summed E-state index contributed by atoms with van der Waals surface area (Å²) in [6.07, 6.45) is 2.17. The molecule has 82 valence electrons. The number of nitrogens with two attached hydrogens (primary N) is 1. The van der Waals surface area contributed by atoms with E-state index in [0.29, 0.717) is 19.3 Å². The Morgan fingerprint density at radius 2 is 2.00 bits per heavy atom. The van der Waals surface area contributed by atoms with Crippen molar-refractivity contribution in [2.45, 2.75) is 18.9 Å². The van der Waals surface area contributed by atoms with Crippen LogP contribution >= 0.6 is 0 Å². The van der Waals surface area contributed by atoms with Gasteiger partial charge >= 0.3 is 0 Å². The molecule has 4 heteroatoms. The van der Waals surface area contributed by atoms with Gasteiger partial charge in [0.2, 0.25) is 0 Å². The van der Waals surface area contributed by atoms with Crippen LogP contribution in [0.3, 0.4) is 0 Å². The van der Waals surface area contributed by atoms with Crippen LogP contribution < -0.4 is 5.73 Å². The van der Waals surface area contributed by atoms with Gasteiger partial charge in [0, 0.05) is 12.6 Å². The second kappa shape index (κ2) is 4.14. The van der Waals surface area contributed by atoms with Crippen molar-refractivity contribution in [2.75, 3.05) is 39.5 Å². The molecule has 2 aliphatic heterocycles. The molecule has 0 unspecified atom stereocenters. The Kier molecular flexibility index (Phi) is 3.07. The molecule has 0 radical (unpaired) electrons. The lowest BCUT2D eigenvalue weighted by Gasteiger charge is -2.44. The molecule has 0 atom stereocenters. The van der Waals surface area contributed by atoms with Crippen molar-refractivity contribution < 1.29 is 9.84 Å². The summed E-state index contributed by atoms with van der Waals surface area (Å²) in [5.41, 5.74) is 5.87. The molecule has 4 nitrogen and oxygen atoms in total. The van der Waals surface area contributed by atoms with Gasteiger partial charge in [-0.2, -0.15) is 0 Å². The quantitative estimate of drug-likeness (QED) is 0.640. The number of hydrogen-bond acceptors (Lipinski definition) is 4. The lowest BCUT2D eigenvalue weighted by molar-refractivity contribution is -0.149. The van der Waals surface area contributed by atoms with Crippen molar-refractivity contribution >= 4 is 0 Å². The second-order valence-electron chi connectivity index (χ2n) is 4.76. The number of rotatable bonds is 3. The lowest BCUT2D eigenvalue weighted by atomic mass is 9.85. The smallest absolute Gasteiger partial charge is 0.0579 e. The Morgan fingerprint density at radius 1 is 1.36 bits per heavy atom. The molecule has 0 aromatic heterocycles. The highest BCUT2D eigenvalue weighted by atomic mass is 16.5. The summed E-state index contributed by atoms with van der Waals surface area (Å²) in [4.78, 5) is 2.40. The Morgan fingerprint density at radius 3 is 2.43 bits per heavy atom. The molecule has 2 saturated heterocycles. The van der Waals surface area contributed by atoms with Crippen molar-refractivity contribution in [3.05, 3.63) is 0 Å². The molecule has 2 heterocycles. The maximum atomic E-state index is 9.29. The standard InChI is InChI=1S/C10H20N2O2/c11-9-1-3-12(4-2-9)5-10(6-13)7-14-8-10/h9,13H,1-8,11H2. The van der Waals surface area contributed by atoms with Crippen LogP contribution in [0.2, 0.25) is 0 Å². The summed E-state index contributed by atoms with van der Waals surface area (Å²) >= 11 is 0.